The molecule has 0 heterocycles. The van der Waals surface area contributed by atoms with E-state index in [-0.39, 0.29) is 12.5 Å². The molecule has 3 N–H and O–H groups in total. The van der Waals surface area contributed by atoms with Crippen LogP contribution in [0.5, 0.6) is 5.75 Å². The average Bonchev–Trinajstić information content (AvgIpc) is 3.19. The molecule has 5 heteroatoms. The van der Waals surface area contributed by atoms with Gasteiger partial charge in [-0.3, -0.25) is 4.79 Å². The Morgan fingerprint density at radius 3 is 2.80 bits per heavy atom. The normalized spacial score (nSPS) is 17.4. The predicted octanol–water partition coefficient (Wildman–Crippen LogP) is 1.53. The average molecular weight is 278 g/mol. The summed E-state index contributed by atoms with van der Waals surface area (Å²) in [5.41, 5.74) is -0.322. The lowest BCUT2D eigenvalue weighted by molar-refractivity contribution is -0.114. The van der Waals surface area contributed by atoms with Crippen molar-refractivity contribution >= 4 is 11.6 Å². The Morgan fingerprint density at radius 1 is 1.45 bits per heavy atom. The molecule has 0 radical (unpaired) electrons. The Labute approximate surface area is 119 Å². The Hall–Kier alpha value is -1.59. The van der Waals surface area contributed by atoms with Crippen molar-refractivity contribution in [2.75, 3.05) is 18.5 Å². The number of rotatable bonds is 7. The predicted molar refractivity (Wildman–Crippen MR) is 77.9 cm³/mol. The Balaban J connectivity index is 1.89. The summed E-state index contributed by atoms with van der Waals surface area (Å²) < 4.78 is 5.65. The number of ether oxygens (including phenoxy) is 1. The molecule has 1 aliphatic rings. The van der Waals surface area contributed by atoms with Gasteiger partial charge in [0, 0.05) is 19.5 Å². The largest absolute Gasteiger partial charge is 0.488 e. The molecule has 1 unspecified atom stereocenters. The maximum absolute atomic E-state index is 11.1. The van der Waals surface area contributed by atoms with E-state index in [1.54, 1.807) is 19.1 Å². The van der Waals surface area contributed by atoms with E-state index in [1.165, 1.54) is 19.8 Å². The molecule has 1 aliphatic carbocycles. The first kappa shape index (κ1) is 14.8. The van der Waals surface area contributed by atoms with Gasteiger partial charge in [-0.05, 0) is 31.9 Å². The quantitative estimate of drug-likeness (QED) is 0.707. The van der Waals surface area contributed by atoms with Crippen LogP contribution in [0.1, 0.15) is 26.7 Å². The summed E-state index contributed by atoms with van der Waals surface area (Å²) >= 11 is 0. The molecule has 1 amide bonds. The molecule has 1 atom stereocenters. The first-order valence-electron chi connectivity index (χ1n) is 6.91. The second-order valence-electron chi connectivity index (χ2n) is 5.62. The van der Waals surface area contributed by atoms with Crippen molar-refractivity contribution in [3.05, 3.63) is 24.3 Å². The lowest BCUT2D eigenvalue weighted by atomic mass is 10.1. The first-order valence-corrected chi connectivity index (χ1v) is 6.91. The zero-order chi connectivity index (χ0) is 14.6. The first-order chi connectivity index (χ1) is 9.46. The summed E-state index contributed by atoms with van der Waals surface area (Å²) in [4.78, 5) is 11.1. The molecule has 2 rings (SSSR count). The second kappa shape index (κ2) is 6.24. The molecule has 1 aromatic carbocycles. The third-order valence-electron chi connectivity index (χ3n) is 3.09. The number of nitrogens with one attached hydrogen (secondary N) is 2. The summed E-state index contributed by atoms with van der Waals surface area (Å²) in [5.74, 6) is 0.414. The number of para-hydroxylation sites is 2. The van der Waals surface area contributed by atoms with E-state index in [2.05, 4.69) is 10.6 Å². The van der Waals surface area contributed by atoms with Gasteiger partial charge in [0.25, 0.3) is 0 Å². The van der Waals surface area contributed by atoms with Gasteiger partial charge in [0.05, 0.1) is 5.69 Å². The number of benzene rings is 1. The van der Waals surface area contributed by atoms with Crippen molar-refractivity contribution in [1.29, 1.82) is 0 Å². The van der Waals surface area contributed by atoms with E-state index < -0.39 is 5.60 Å². The highest BCUT2D eigenvalue weighted by atomic mass is 16.5. The number of carbonyl (C=O) groups is 1. The number of hydrogen-bond donors (Lipinski definition) is 3. The molecule has 0 spiro atoms. The number of carbonyl (C=O) groups excluding carboxylic acids is 1. The van der Waals surface area contributed by atoms with E-state index in [4.69, 9.17) is 4.74 Å². The van der Waals surface area contributed by atoms with Crippen molar-refractivity contribution in [3.8, 4) is 5.75 Å². The van der Waals surface area contributed by atoms with E-state index >= 15 is 0 Å². The maximum Gasteiger partial charge on any atom is 0.221 e. The minimum Gasteiger partial charge on any atom is -0.488 e. The fourth-order valence-electron chi connectivity index (χ4n) is 1.82. The number of anilines is 1. The van der Waals surface area contributed by atoms with Crippen molar-refractivity contribution in [1.82, 2.24) is 5.32 Å². The van der Waals surface area contributed by atoms with Crippen LogP contribution in [0.2, 0.25) is 0 Å². The molecular formula is C15H22N2O3. The van der Waals surface area contributed by atoms with Crippen molar-refractivity contribution in [2.24, 2.45) is 0 Å². The lowest BCUT2D eigenvalue weighted by Crippen LogP contribution is -2.43. The molecule has 0 bridgehead atoms. The smallest absolute Gasteiger partial charge is 0.221 e. The van der Waals surface area contributed by atoms with Gasteiger partial charge in [-0.25, -0.2) is 0 Å². The highest BCUT2D eigenvalue weighted by molar-refractivity contribution is 5.90. The van der Waals surface area contributed by atoms with Gasteiger partial charge in [-0.15, -0.1) is 0 Å². The van der Waals surface area contributed by atoms with Gasteiger partial charge in [-0.2, -0.15) is 0 Å². The molecule has 110 valence electrons. The number of aliphatic hydroxyl groups is 1. The fraction of sp³-hybridized carbons (Fsp3) is 0.533. The zero-order valence-corrected chi connectivity index (χ0v) is 12.0. The van der Waals surface area contributed by atoms with E-state index in [1.807, 2.05) is 12.1 Å². The molecule has 1 aromatic rings. The van der Waals surface area contributed by atoms with Crippen LogP contribution >= 0.6 is 0 Å². The molecule has 0 saturated heterocycles. The number of amides is 1. The molecule has 1 saturated carbocycles. The van der Waals surface area contributed by atoms with E-state index in [0.717, 1.165) is 0 Å². The van der Waals surface area contributed by atoms with Crippen LogP contribution in [0.15, 0.2) is 24.3 Å². The molecule has 5 nitrogen and oxygen atoms in total. The Morgan fingerprint density at radius 2 is 2.15 bits per heavy atom. The minimum atomic E-state index is -0.939. The third-order valence-corrected chi connectivity index (χ3v) is 3.09. The van der Waals surface area contributed by atoms with Crippen LogP contribution < -0.4 is 15.4 Å². The van der Waals surface area contributed by atoms with Crippen LogP contribution in [0.3, 0.4) is 0 Å². The Bertz CT molecular complexity index is 470. The summed E-state index contributed by atoms with van der Waals surface area (Å²) in [7, 11) is 0. The van der Waals surface area contributed by atoms with Crippen LogP contribution in [0.25, 0.3) is 0 Å². The molecule has 1 fully saturated rings. The van der Waals surface area contributed by atoms with Crippen molar-refractivity contribution in [2.45, 2.75) is 38.3 Å². The van der Waals surface area contributed by atoms with Crippen LogP contribution in [-0.2, 0) is 4.79 Å². The minimum absolute atomic E-state index is 0.150. The standard InChI is InChI=1S/C15H22N2O3/c1-11(18)17-13-5-3-4-6-14(13)20-10-15(2,19)9-16-12-7-8-12/h3-6,12,16,19H,7-10H2,1-2H3,(H,17,18). The van der Waals surface area contributed by atoms with Gasteiger partial charge >= 0.3 is 0 Å². The van der Waals surface area contributed by atoms with Crippen molar-refractivity contribution in [3.63, 3.8) is 0 Å². The summed E-state index contributed by atoms with van der Waals surface area (Å²) in [6.07, 6.45) is 2.37. The monoisotopic (exact) mass is 278 g/mol. The summed E-state index contributed by atoms with van der Waals surface area (Å²) in [6, 6.07) is 7.75. The van der Waals surface area contributed by atoms with Gasteiger partial charge in [0.2, 0.25) is 5.91 Å². The summed E-state index contributed by atoms with van der Waals surface area (Å²) in [5, 5.41) is 16.2. The Kier molecular flexibility index (Phi) is 4.62. The van der Waals surface area contributed by atoms with E-state index in [0.29, 0.717) is 24.0 Å². The second-order valence-corrected chi connectivity index (χ2v) is 5.62. The molecule has 0 aliphatic heterocycles. The van der Waals surface area contributed by atoms with Crippen LogP contribution in [0.4, 0.5) is 5.69 Å². The van der Waals surface area contributed by atoms with Crippen LogP contribution in [-0.4, -0.2) is 35.8 Å². The lowest BCUT2D eigenvalue weighted by Gasteiger charge is -2.24. The highest BCUT2D eigenvalue weighted by Gasteiger charge is 2.27. The fourth-order valence-corrected chi connectivity index (χ4v) is 1.82. The van der Waals surface area contributed by atoms with E-state index in [9.17, 15) is 9.90 Å². The molecule has 20 heavy (non-hydrogen) atoms. The SMILES string of the molecule is CC(=O)Nc1ccccc1OCC(C)(O)CNC1CC1. The highest BCUT2D eigenvalue weighted by Crippen LogP contribution is 2.25. The van der Waals surface area contributed by atoms with Gasteiger partial charge < -0.3 is 20.5 Å². The molecule has 0 aromatic heterocycles. The van der Waals surface area contributed by atoms with Gasteiger partial charge in [0.1, 0.15) is 18.0 Å². The zero-order valence-electron chi connectivity index (χ0n) is 12.0. The maximum atomic E-state index is 11.1. The topological polar surface area (TPSA) is 70.6 Å². The van der Waals surface area contributed by atoms with Gasteiger partial charge in [-0.1, -0.05) is 12.1 Å². The summed E-state index contributed by atoms with van der Waals surface area (Å²) in [6.45, 7) is 3.86. The van der Waals surface area contributed by atoms with Crippen LogP contribution in [0, 0.1) is 0 Å². The van der Waals surface area contributed by atoms with Crippen molar-refractivity contribution < 1.29 is 14.6 Å². The van der Waals surface area contributed by atoms with Gasteiger partial charge in [0.15, 0.2) is 0 Å². The molecular weight excluding hydrogens is 256 g/mol. The number of hydrogen-bond acceptors (Lipinski definition) is 4. The third kappa shape index (κ3) is 4.83.